The Kier molecular flexibility index (Phi) is 5.23. The monoisotopic (exact) mass is 408 g/mol. The van der Waals surface area contributed by atoms with E-state index in [1.165, 1.54) is 6.92 Å². The highest BCUT2D eigenvalue weighted by Crippen LogP contribution is 2.35. The van der Waals surface area contributed by atoms with Crippen molar-refractivity contribution in [2.45, 2.75) is 13.5 Å². The lowest BCUT2D eigenvalue weighted by molar-refractivity contribution is -0.114. The number of thiophene rings is 1. The van der Waals surface area contributed by atoms with Crippen molar-refractivity contribution < 1.29 is 4.79 Å². The Hall–Kier alpha value is -2.96. The van der Waals surface area contributed by atoms with Crippen LogP contribution in [0.4, 0.5) is 11.5 Å². The highest BCUT2D eigenvalue weighted by atomic mass is 35.5. The van der Waals surface area contributed by atoms with Crippen molar-refractivity contribution in [1.82, 2.24) is 9.97 Å². The van der Waals surface area contributed by atoms with Gasteiger partial charge >= 0.3 is 0 Å². The number of rotatable bonds is 5. The maximum Gasteiger partial charge on any atom is 0.221 e. The first-order valence-electron chi connectivity index (χ1n) is 8.69. The van der Waals surface area contributed by atoms with E-state index in [9.17, 15) is 4.79 Å². The first-order chi connectivity index (χ1) is 13.6. The zero-order chi connectivity index (χ0) is 19.5. The molecule has 0 aliphatic heterocycles. The smallest absolute Gasteiger partial charge is 0.221 e. The lowest BCUT2D eigenvalue weighted by Gasteiger charge is -2.06. The quantitative estimate of drug-likeness (QED) is 0.452. The molecule has 0 radical (unpaired) electrons. The fraction of sp³-hybridized carbons (Fsp3) is 0.0952. The van der Waals surface area contributed by atoms with Gasteiger partial charge < -0.3 is 10.6 Å². The molecule has 2 heterocycles. The van der Waals surface area contributed by atoms with E-state index in [-0.39, 0.29) is 5.91 Å². The van der Waals surface area contributed by atoms with Crippen molar-refractivity contribution in [1.29, 1.82) is 0 Å². The molecule has 2 aromatic carbocycles. The summed E-state index contributed by atoms with van der Waals surface area (Å²) < 4.78 is 0. The van der Waals surface area contributed by atoms with Gasteiger partial charge in [0.25, 0.3) is 0 Å². The number of benzene rings is 2. The summed E-state index contributed by atoms with van der Waals surface area (Å²) in [5, 5.41) is 7.87. The molecular formula is C21H17ClN4OS. The van der Waals surface area contributed by atoms with E-state index in [2.05, 4.69) is 26.7 Å². The number of nitrogens with zero attached hydrogens (tertiary/aromatic N) is 2. The van der Waals surface area contributed by atoms with Crippen molar-refractivity contribution in [3.63, 3.8) is 0 Å². The first kappa shape index (κ1) is 18.4. The summed E-state index contributed by atoms with van der Waals surface area (Å²) in [6.07, 6.45) is 1.58. The first-order valence-corrected chi connectivity index (χ1v) is 9.89. The zero-order valence-electron chi connectivity index (χ0n) is 15.1. The largest absolute Gasteiger partial charge is 0.365 e. The predicted octanol–water partition coefficient (Wildman–Crippen LogP) is 5.58. The van der Waals surface area contributed by atoms with Gasteiger partial charge in [0.2, 0.25) is 5.91 Å². The van der Waals surface area contributed by atoms with E-state index in [1.54, 1.807) is 17.7 Å². The second-order valence-electron chi connectivity index (χ2n) is 6.29. The summed E-state index contributed by atoms with van der Waals surface area (Å²) in [7, 11) is 0. The molecule has 28 heavy (non-hydrogen) atoms. The minimum atomic E-state index is -0.0821. The van der Waals surface area contributed by atoms with Crippen LogP contribution < -0.4 is 10.6 Å². The Morgan fingerprint density at radius 3 is 2.54 bits per heavy atom. The van der Waals surface area contributed by atoms with Gasteiger partial charge in [0.15, 0.2) is 0 Å². The van der Waals surface area contributed by atoms with Crippen LogP contribution in [0.25, 0.3) is 20.7 Å². The van der Waals surface area contributed by atoms with Gasteiger partial charge in [-0.15, -0.1) is 11.3 Å². The second-order valence-corrected chi connectivity index (χ2v) is 7.76. The number of anilines is 2. The standard InChI is InChI=1S/C21H17ClN4OS/c1-13(27)26-17-8-4-15(5-9-17)19-10-18-20(24-12-25-21(18)28-19)23-11-14-2-6-16(22)7-3-14/h2-10,12H,11H2,1H3,(H,26,27)(H,23,24,25). The Morgan fingerprint density at radius 1 is 1.07 bits per heavy atom. The average Bonchev–Trinajstić information content (AvgIpc) is 3.12. The highest BCUT2D eigenvalue weighted by Gasteiger charge is 2.10. The number of carbonyl (C=O) groups is 1. The SMILES string of the molecule is CC(=O)Nc1ccc(-c2cc3c(NCc4ccc(Cl)cc4)ncnc3s2)cc1. The number of aromatic nitrogens is 2. The van der Waals surface area contributed by atoms with Gasteiger partial charge in [0.05, 0.1) is 5.39 Å². The van der Waals surface area contributed by atoms with E-state index >= 15 is 0 Å². The third-order valence-corrected chi connectivity index (χ3v) is 5.54. The summed E-state index contributed by atoms with van der Waals surface area (Å²) in [5.41, 5.74) is 2.98. The molecule has 4 aromatic rings. The summed E-state index contributed by atoms with van der Waals surface area (Å²) in [6.45, 7) is 2.15. The number of hydrogen-bond acceptors (Lipinski definition) is 5. The molecule has 140 valence electrons. The van der Waals surface area contributed by atoms with Crippen LogP contribution in [-0.2, 0) is 11.3 Å². The summed E-state index contributed by atoms with van der Waals surface area (Å²) >= 11 is 7.55. The number of carbonyl (C=O) groups excluding carboxylic acids is 1. The minimum absolute atomic E-state index is 0.0821. The predicted molar refractivity (Wildman–Crippen MR) is 116 cm³/mol. The van der Waals surface area contributed by atoms with Gasteiger partial charge in [-0.3, -0.25) is 4.79 Å². The molecule has 2 N–H and O–H groups in total. The molecule has 5 nitrogen and oxygen atoms in total. The van der Waals surface area contributed by atoms with Gasteiger partial charge in [-0.25, -0.2) is 9.97 Å². The summed E-state index contributed by atoms with van der Waals surface area (Å²) in [4.78, 5) is 22.0. The fourth-order valence-electron chi connectivity index (χ4n) is 2.85. The van der Waals surface area contributed by atoms with Crippen molar-refractivity contribution in [2.75, 3.05) is 10.6 Å². The lowest BCUT2D eigenvalue weighted by Crippen LogP contribution is -2.05. The number of fused-ring (bicyclic) bond motifs is 1. The molecule has 0 saturated heterocycles. The van der Waals surface area contributed by atoms with Crippen LogP contribution in [0.2, 0.25) is 5.02 Å². The van der Waals surface area contributed by atoms with Gasteiger partial charge in [-0.05, 0) is 41.5 Å². The van der Waals surface area contributed by atoms with E-state index < -0.39 is 0 Å². The Bertz CT molecular complexity index is 1120. The molecule has 0 aliphatic carbocycles. The third-order valence-electron chi connectivity index (χ3n) is 4.19. The van der Waals surface area contributed by atoms with Crippen molar-refractivity contribution in [3.05, 3.63) is 71.5 Å². The highest BCUT2D eigenvalue weighted by molar-refractivity contribution is 7.21. The molecule has 0 fully saturated rings. The normalized spacial score (nSPS) is 10.8. The molecule has 1 amide bonds. The maximum absolute atomic E-state index is 11.2. The van der Waals surface area contributed by atoms with Crippen LogP contribution in [0.1, 0.15) is 12.5 Å². The zero-order valence-corrected chi connectivity index (χ0v) is 16.6. The van der Waals surface area contributed by atoms with E-state index in [4.69, 9.17) is 11.6 Å². The van der Waals surface area contributed by atoms with Crippen LogP contribution >= 0.6 is 22.9 Å². The van der Waals surface area contributed by atoms with Gasteiger partial charge in [0.1, 0.15) is 17.0 Å². The van der Waals surface area contributed by atoms with Crippen LogP contribution in [0.15, 0.2) is 60.9 Å². The topological polar surface area (TPSA) is 66.9 Å². The van der Waals surface area contributed by atoms with E-state index in [1.807, 2.05) is 48.5 Å². The molecule has 0 bridgehead atoms. The number of hydrogen-bond donors (Lipinski definition) is 2. The summed E-state index contributed by atoms with van der Waals surface area (Å²) in [6, 6.07) is 17.6. The molecule has 0 saturated carbocycles. The molecule has 0 atom stereocenters. The second kappa shape index (κ2) is 7.96. The van der Waals surface area contributed by atoms with Gasteiger partial charge in [0, 0.05) is 29.1 Å². The molecular weight excluding hydrogens is 392 g/mol. The summed E-state index contributed by atoms with van der Waals surface area (Å²) in [5.74, 6) is 0.721. The van der Waals surface area contributed by atoms with Crippen LogP contribution in [-0.4, -0.2) is 15.9 Å². The Balaban J connectivity index is 1.58. The maximum atomic E-state index is 11.2. The number of halogens is 1. The van der Waals surface area contributed by atoms with E-state index in [0.29, 0.717) is 6.54 Å². The van der Waals surface area contributed by atoms with Gasteiger partial charge in [-0.2, -0.15) is 0 Å². The Labute approximate surface area is 171 Å². The van der Waals surface area contributed by atoms with Crippen LogP contribution in [0.5, 0.6) is 0 Å². The van der Waals surface area contributed by atoms with Crippen molar-refractivity contribution in [3.8, 4) is 10.4 Å². The Morgan fingerprint density at radius 2 is 1.82 bits per heavy atom. The van der Waals surface area contributed by atoms with Crippen molar-refractivity contribution >= 4 is 50.6 Å². The van der Waals surface area contributed by atoms with Crippen LogP contribution in [0.3, 0.4) is 0 Å². The van der Waals surface area contributed by atoms with E-state index in [0.717, 1.165) is 42.7 Å². The lowest BCUT2D eigenvalue weighted by atomic mass is 10.1. The number of amides is 1. The minimum Gasteiger partial charge on any atom is -0.365 e. The molecule has 2 aromatic heterocycles. The van der Waals surface area contributed by atoms with Crippen molar-refractivity contribution in [2.24, 2.45) is 0 Å². The third kappa shape index (κ3) is 4.13. The van der Waals surface area contributed by atoms with Crippen LogP contribution in [0, 0.1) is 0 Å². The molecule has 7 heteroatoms. The number of nitrogens with one attached hydrogen (secondary N) is 2. The fourth-order valence-corrected chi connectivity index (χ4v) is 3.98. The molecule has 0 spiro atoms. The van der Waals surface area contributed by atoms with Gasteiger partial charge in [-0.1, -0.05) is 35.9 Å². The molecule has 0 aliphatic rings. The molecule has 0 unspecified atom stereocenters. The molecule has 4 rings (SSSR count). The average molecular weight is 409 g/mol.